The van der Waals surface area contributed by atoms with Gasteiger partial charge in [0.2, 0.25) is 0 Å². The largest absolute Gasteiger partial charge is 0.125 e. The molecule has 0 fully saturated rings. The van der Waals surface area contributed by atoms with Crippen LogP contribution in [-0.4, -0.2) is 11.1 Å². The Labute approximate surface area is 130 Å². The summed E-state index contributed by atoms with van der Waals surface area (Å²) in [5, 5.41) is 0. The highest BCUT2D eigenvalue weighted by molar-refractivity contribution is 14.1. The van der Waals surface area contributed by atoms with Crippen molar-refractivity contribution < 1.29 is 0 Å². The summed E-state index contributed by atoms with van der Waals surface area (Å²) in [4.78, 5) is 0. The highest BCUT2D eigenvalue weighted by Crippen LogP contribution is 2.33. The van der Waals surface area contributed by atoms with E-state index in [1.165, 1.54) is 37.0 Å². The molecule has 0 rings (SSSR count). The number of unbranched alkanes of at least 4 members (excludes halogenated alkanes) is 1. The Balaban J connectivity index is 3.83. The molecule has 0 aliphatic rings. The molecule has 0 N–H and O–H groups in total. The lowest BCUT2D eigenvalue weighted by Gasteiger charge is -2.24. The van der Waals surface area contributed by atoms with E-state index in [1.54, 1.807) is 12.1 Å². The van der Waals surface area contributed by atoms with E-state index in [0.717, 1.165) is 0 Å². The summed E-state index contributed by atoms with van der Waals surface area (Å²) >= 11 is 5.66. The maximum absolute atomic E-state index is 2.83. The molecule has 0 radical (unpaired) electrons. The van der Waals surface area contributed by atoms with Crippen molar-refractivity contribution in [3.8, 4) is 0 Å². The van der Waals surface area contributed by atoms with Crippen molar-refractivity contribution in [2.45, 2.75) is 76.8 Å². The van der Waals surface area contributed by atoms with E-state index in [9.17, 15) is 0 Å². The quantitative estimate of drug-likeness (QED) is 0.150. The van der Waals surface area contributed by atoms with Gasteiger partial charge in [0.1, 0.15) is 11.1 Å². The summed E-state index contributed by atoms with van der Waals surface area (Å²) in [5.74, 6) is 0. The normalized spacial score (nSPS) is 13.1. The standard InChI is InChI=1S/C12H28I2Si2/c1-5-15(13,6-2)11-9-10-12-16(14,7-3)8-4/h5-12H2,1-4H3. The Morgan fingerprint density at radius 3 is 1.06 bits per heavy atom. The number of hydrogen-bond acceptors (Lipinski definition) is 0. The molecule has 0 bridgehead atoms. The van der Waals surface area contributed by atoms with Crippen LogP contribution in [0.1, 0.15) is 40.5 Å². The van der Waals surface area contributed by atoms with Crippen molar-refractivity contribution in [1.29, 1.82) is 0 Å². The highest BCUT2D eigenvalue weighted by atomic mass is 127. The van der Waals surface area contributed by atoms with Gasteiger partial charge in [-0.25, -0.2) is 0 Å². The summed E-state index contributed by atoms with van der Waals surface area (Å²) < 4.78 is 0. The van der Waals surface area contributed by atoms with Gasteiger partial charge in [-0.1, -0.05) is 64.7 Å². The second kappa shape index (κ2) is 8.90. The smallest absolute Gasteiger partial charge is 0.119 e. The number of halogens is 2. The molecule has 0 aromatic rings. The molecule has 0 aromatic heterocycles. The minimum Gasteiger partial charge on any atom is -0.119 e. The minimum atomic E-state index is -0.831. The molecule has 98 valence electrons. The molecule has 4 heteroatoms. The maximum atomic E-state index is 2.83. The summed E-state index contributed by atoms with van der Waals surface area (Å²) in [6, 6.07) is 9.01. The maximum Gasteiger partial charge on any atom is 0.125 e. The predicted molar refractivity (Wildman–Crippen MR) is 100 cm³/mol. The van der Waals surface area contributed by atoms with Crippen LogP contribution in [0.4, 0.5) is 0 Å². The van der Waals surface area contributed by atoms with E-state index in [0.29, 0.717) is 0 Å². The molecule has 0 aliphatic carbocycles. The first-order chi connectivity index (χ1) is 7.45. The Hall–Kier alpha value is 1.89. The minimum absolute atomic E-state index is 0.831. The first-order valence-electron chi connectivity index (χ1n) is 6.83. The summed E-state index contributed by atoms with van der Waals surface area (Å²) in [6.45, 7) is 9.60. The van der Waals surface area contributed by atoms with Gasteiger partial charge in [-0.05, 0) is 12.1 Å². The Morgan fingerprint density at radius 2 is 0.875 bits per heavy atom. The van der Waals surface area contributed by atoms with Gasteiger partial charge in [-0.2, -0.15) is 0 Å². The van der Waals surface area contributed by atoms with E-state index in [2.05, 4.69) is 71.3 Å². The zero-order valence-corrected chi connectivity index (χ0v) is 17.7. The third-order valence-electron chi connectivity index (χ3n) is 4.03. The fraction of sp³-hybridized carbons (Fsp3) is 1.00. The summed E-state index contributed by atoms with van der Waals surface area (Å²) in [6.07, 6.45) is 3.02. The average molecular weight is 482 g/mol. The lowest BCUT2D eigenvalue weighted by Crippen LogP contribution is -2.25. The summed E-state index contributed by atoms with van der Waals surface area (Å²) in [7, 11) is 0. The topological polar surface area (TPSA) is 0 Å². The number of rotatable bonds is 9. The third-order valence-corrected chi connectivity index (χ3v) is 24.0. The molecule has 0 spiro atoms. The third kappa shape index (κ3) is 6.73. The van der Waals surface area contributed by atoms with Crippen LogP contribution in [0, 0.1) is 0 Å². The van der Waals surface area contributed by atoms with Crippen LogP contribution in [0.25, 0.3) is 0 Å². The van der Waals surface area contributed by atoms with Crippen molar-refractivity contribution in [3.63, 3.8) is 0 Å². The van der Waals surface area contributed by atoms with Crippen LogP contribution in [0.3, 0.4) is 0 Å². The monoisotopic (exact) mass is 482 g/mol. The van der Waals surface area contributed by atoms with Gasteiger partial charge < -0.3 is 0 Å². The SMILES string of the molecule is CC[Si](I)(CC)CCCC[Si](I)(CC)CC. The first kappa shape index (κ1) is 17.9. The van der Waals surface area contributed by atoms with Crippen LogP contribution in [0.15, 0.2) is 0 Å². The van der Waals surface area contributed by atoms with Gasteiger partial charge in [-0.15, -0.1) is 43.6 Å². The van der Waals surface area contributed by atoms with Crippen LogP contribution in [0.2, 0.25) is 36.3 Å². The molecule has 0 nitrogen and oxygen atoms in total. The van der Waals surface area contributed by atoms with E-state index in [1.807, 2.05) is 0 Å². The molecule has 0 aliphatic heterocycles. The molecule has 0 amide bonds. The Kier molecular flexibility index (Phi) is 9.96. The van der Waals surface area contributed by atoms with Gasteiger partial charge in [0, 0.05) is 0 Å². The Morgan fingerprint density at radius 1 is 0.625 bits per heavy atom. The zero-order chi connectivity index (χ0) is 12.7. The van der Waals surface area contributed by atoms with Gasteiger partial charge in [0.15, 0.2) is 0 Å². The van der Waals surface area contributed by atoms with E-state index in [4.69, 9.17) is 0 Å². The molecule has 0 saturated heterocycles. The lowest BCUT2D eigenvalue weighted by molar-refractivity contribution is 0.851. The molecular formula is C12H28I2Si2. The van der Waals surface area contributed by atoms with Gasteiger partial charge in [0.05, 0.1) is 0 Å². The van der Waals surface area contributed by atoms with Gasteiger partial charge in [0.25, 0.3) is 0 Å². The highest BCUT2D eigenvalue weighted by Gasteiger charge is 2.27. The van der Waals surface area contributed by atoms with Crippen LogP contribution in [-0.2, 0) is 0 Å². The van der Waals surface area contributed by atoms with Crippen molar-refractivity contribution in [2.75, 3.05) is 0 Å². The van der Waals surface area contributed by atoms with Crippen LogP contribution >= 0.6 is 43.6 Å². The first-order valence-corrected chi connectivity index (χ1v) is 18.3. The van der Waals surface area contributed by atoms with Crippen molar-refractivity contribution in [1.82, 2.24) is 0 Å². The average Bonchev–Trinajstić information content (AvgIpc) is 2.34. The molecule has 0 aromatic carbocycles. The van der Waals surface area contributed by atoms with Crippen molar-refractivity contribution >= 4 is 54.7 Å². The second-order valence-corrected chi connectivity index (χ2v) is 27.1. The molecule has 0 atom stereocenters. The van der Waals surface area contributed by atoms with E-state index >= 15 is 0 Å². The van der Waals surface area contributed by atoms with Gasteiger partial charge in [-0.3, -0.25) is 0 Å². The summed E-state index contributed by atoms with van der Waals surface area (Å²) in [5.41, 5.74) is -1.66. The van der Waals surface area contributed by atoms with E-state index < -0.39 is 11.1 Å². The van der Waals surface area contributed by atoms with Crippen molar-refractivity contribution in [3.05, 3.63) is 0 Å². The van der Waals surface area contributed by atoms with Crippen LogP contribution < -0.4 is 0 Å². The van der Waals surface area contributed by atoms with Crippen molar-refractivity contribution in [2.24, 2.45) is 0 Å². The van der Waals surface area contributed by atoms with Gasteiger partial charge >= 0.3 is 0 Å². The fourth-order valence-corrected chi connectivity index (χ4v) is 8.56. The molecule has 0 heterocycles. The van der Waals surface area contributed by atoms with E-state index in [-0.39, 0.29) is 0 Å². The second-order valence-electron chi connectivity index (χ2n) is 4.92. The fourth-order valence-electron chi connectivity index (χ4n) is 2.09. The molecule has 0 unspecified atom stereocenters. The van der Waals surface area contributed by atoms with Crippen LogP contribution in [0.5, 0.6) is 0 Å². The molecule has 0 saturated carbocycles. The lowest BCUT2D eigenvalue weighted by atomic mass is 10.4. The zero-order valence-electron chi connectivity index (χ0n) is 11.4. The molecular weight excluding hydrogens is 454 g/mol. The molecule has 16 heavy (non-hydrogen) atoms. The Bertz CT molecular complexity index is 158. The number of hydrogen-bond donors (Lipinski definition) is 0. The predicted octanol–water partition coefficient (Wildman–Crippen LogP) is 6.61.